The number of phenolic OH excluding ortho intramolecular Hbond substituents is 1. The van der Waals surface area contributed by atoms with Gasteiger partial charge in [0.2, 0.25) is 0 Å². The molecule has 10 heavy (non-hydrogen) atoms. The second-order valence-electron chi connectivity index (χ2n) is 2.00. The van der Waals surface area contributed by atoms with Crippen molar-refractivity contribution in [3.05, 3.63) is 23.3 Å². The van der Waals surface area contributed by atoms with Gasteiger partial charge in [-0.3, -0.25) is 0 Å². The van der Waals surface area contributed by atoms with Crippen LogP contribution in [0.4, 0.5) is 0 Å². The van der Waals surface area contributed by atoms with Crippen LogP contribution in [-0.4, -0.2) is 24.6 Å². The maximum atomic E-state index is 9.03. The predicted molar refractivity (Wildman–Crippen MR) is 40.3 cm³/mol. The summed E-state index contributed by atoms with van der Waals surface area (Å²) in [6.07, 6.45) is 0. The molecular weight excluding hydrogens is 193 g/mol. The molecule has 1 heterocycles. The first-order valence-electron chi connectivity index (χ1n) is 2.88. The molecule has 1 aromatic heterocycles. The standard InChI is InChI=1S/C7H5NOSe/c9-5-1-2-7-6(3-5)8-4-10-7/h1-4,9H. The molecule has 2 aromatic rings. The van der Waals surface area contributed by atoms with Crippen molar-refractivity contribution in [2.24, 2.45) is 0 Å². The quantitative estimate of drug-likeness (QED) is 0.640. The fraction of sp³-hybridized carbons (Fsp3) is 0. The number of aromatic hydroxyl groups is 1. The average Bonchev–Trinajstić information content (AvgIpc) is 2.33. The fourth-order valence-electron chi connectivity index (χ4n) is 0.846. The normalized spacial score (nSPS) is 10.4. The van der Waals surface area contributed by atoms with E-state index in [4.69, 9.17) is 5.11 Å². The van der Waals surface area contributed by atoms with Crippen LogP contribution in [0.25, 0.3) is 9.78 Å². The van der Waals surface area contributed by atoms with E-state index in [0.717, 1.165) is 5.52 Å². The van der Waals surface area contributed by atoms with Gasteiger partial charge in [0.25, 0.3) is 0 Å². The van der Waals surface area contributed by atoms with Crippen molar-refractivity contribution in [2.45, 2.75) is 0 Å². The molecule has 0 amide bonds. The monoisotopic (exact) mass is 199 g/mol. The van der Waals surface area contributed by atoms with Gasteiger partial charge in [0.1, 0.15) is 0 Å². The number of rotatable bonds is 0. The number of fused-ring (bicyclic) bond motifs is 1. The number of benzene rings is 1. The van der Waals surface area contributed by atoms with E-state index >= 15 is 0 Å². The Morgan fingerprint density at radius 3 is 3.20 bits per heavy atom. The van der Waals surface area contributed by atoms with Gasteiger partial charge in [-0.05, 0) is 0 Å². The molecule has 0 unspecified atom stereocenters. The zero-order chi connectivity index (χ0) is 6.97. The molecular formula is C7H5NOSe. The number of hydrogen-bond donors (Lipinski definition) is 1. The second kappa shape index (κ2) is 2.11. The summed E-state index contributed by atoms with van der Waals surface area (Å²) in [5, 5.41) is 10.9. The van der Waals surface area contributed by atoms with Crippen molar-refractivity contribution in [3.63, 3.8) is 0 Å². The van der Waals surface area contributed by atoms with Crippen LogP contribution >= 0.6 is 0 Å². The minimum atomic E-state index is 0.300. The summed E-state index contributed by atoms with van der Waals surface area (Å²) in [6, 6.07) is 5.33. The first-order valence-corrected chi connectivity index (χ1v) is 4.73. The van der Waals surface area contributed by atoms with Crippen LogP contribution in [0.2, 0.25) is 0 Å². The molecule has 0 atom stereocenters. The summed E-state index contributed by atoms with van der Waals surface area (Å²) in [6.45, 7) is 0. The summed E-state index contributed by atoms with van der Waals surface area (Å²) < 4.78 is 1.25. The molecule has 3 heteroatoms. The summed E-state index contributed by atoms with van der Waals surface area (Å²) in [4.78, 5) is 4.10. The first-order chi connectivity index (χ1) is 4.86. The number of nitrogens with zero attached hydrogens (tertiary/aromatic N) is 1. The van der Waals surface area contributed by atoms with Gasteiger partial charge >= 0.3 is 63.4 Å². The van der Waals surface area contributed by atoms with Crippen LogP contribution in [0.1, 0.15) is 0 Å². The Morgan fingerprint density at radius 2 is 2.30 bits per heavy atom. The summed E-state index contributed by atoms with van der Waals surface area (Å²) in [7, 11) is 0. The van der Waals surface area contributed by atoms with E-state index in [9.17, 15) is 0 Å². The minimum absolute atomic E-state index is 0.300. The van der Waals surface area contributed by atoms with Crippen LogP contribution in [0.5, 0.6) is 5.75 Å². The third kappa shape index (κ3) is 0.838. The summed E-state index contributed by atoms with van der Waals surface area (Å²) >= 11 is 0.392. The van der Waals surface area contributed by atoms with Gasteiger partial charge in [0, 0.05) is 0 Å². The molecule has 0 bridgehead atoms. The molecule has 0 aliphatic heterocycles. The van der Waals surface area contributed by atoms with Crippen LogP contribution < -0.4 is 0 Å². The van der Waals surface area contributed by atoms with E-state index in [2.05, 4.69) is 4.98 Å². The van der Waals surface area contributed by atoms with E-state index in [1.165, 1.54) is 4.26 Å². The Kier molecular flexibility index (Phi) is 1.26. The Hall–Kier alpha value is -0.791. The van der Waals surface area contributed by atoms with Gasteiger partial charge in [-0.1, -0.05) is 0 Å². The van der Waals surface area contributed by atoms with Gasteiger partial charge in [-0.15, -0.1) is 0 Å². The van der Waals surface area contributed by atoms with Crippen molar-refractivity contribution in [1.29, 1.82) is 0 Å². The SMILES string of the molecule is Oc1ccc2[se]cnc2c1. The van der Waals surface area contributed by atoms with Crippen LogP contribution in [0, 0.1) is 0 Å². The van der Waals surface area contributed by atoms with Gasteiger partial charge in [0.05, 0.1) is 0 Å². The third-order valence-electron chi connectivity index (χ3n) is 1.31. The van der Waals surface area contributed by atoms with E-state index in [0.29, 0.717) is 20.3 Å². The molecule has 0 aliphatic carbocycles. The first kappa shape index (κ1) is 5.95. The molecule has 0 aliphatic rings. The van der Waals surface area contributed by atoms with Crippen molar-refractivity contribution < 1.29 is 5.11 Å². The Balaban J connectivity index is 2.86. The number of phenols is 1. The van der Waals surface area contributed by atoms with E-state index in [1.54, 1.807) is 12.1 Å². The average molecular weight is 198 g/mol. The molecule has 50 valence electrons. The second-order valence-corrected chi connectivity index (χ2v) is 3.86. The predicted octanol–water partition coefficient (Wildman–Crippen LogP) is 0.997. The molecule has 0 fully saturated rings. The van der Waals surface area contributed by atoms with Gasteiger partial charge in [0.15, 0.2) is 0 Å². The van der Waals surface area contributed by atoms with Crippen LogP contribution in [0.3, 0.4) is 0 Å². The zero-order valence-electron chi connectivity index (χ0n) is 5.11. The van der Waals surface area contributed by atoms with Crippen LogP contribution in [-0.2, 0) is 0 Å². The molecule has 2 rings (SSSR count). The van der Waals surface area contributed by atoms with E-state index in [1.807, 2.05) is 11.1 Å². The summed E-state index contributed by atoms with van der Waals surface area (Å²) in [5.41, 5.74) is 0.931. The van der Waals surface area contributed by atoms with Crippen molar-refractivity contribution >= 4 is 24.3 Å². The Morgan fingerprint density at radius 1 is 1.40 bits per heavy atom. The number of aromatic nitrogens is 1. The molecule has 0 spiro atoms. The van der Waals surface area contributed by atoms with E-state index < -0.39 is 0 Å². The summed E-state index contributed by atoms with van der Waals surface area (Å²) in [5.74, 6) is 0.300. The van der Waals surface area contributed by atoms with Gasteiger partial charge < -0.3 is 0 Å². The topological polar surface area (TPSA) is 33.1 Å². The Labute approximate surface area is 63.9 Å². The molecule has 0 radical (unpaired) electrons. The number of hydrogen-bond acceptors (Lipinski definition) is 2. The van der Waals surface area contributed by atoms with Crippen molar-refractivity contribution in [3.8, 4) is 5.75 Å². The van der Waals surface area contributed by atoms with Crippen molar-refractivity contribution in [2.75, 3.05) is 0 Å². The molecule has 1 aromatic carbocycles. The molecule has 0 saturated carbocycles. The van der Waals surface area contributed by atoms with Crippen LogP contribution in [0.15, 0.2) is 23.3 Å². The van der Waals surface area contributed by atoms with Gasteiger partial charge in [-0.25, -0.2) is 0 Å². The van der Waals surface area contributed by atoms with Gasteiger partial charge in [-0.2, -0.15) is 0 Å². The van der Waals surface area contributed by atoms with E-state index in [-0.39, 0.29) is 0 Å². The molecule has 0 saturated heterocycles. The molecule has 1 N–H and O–H groups in total. The third-order valence-corrected chi connectivity index (χ3v) is 3.01. The Bertz CT molecular complexity index is 355. The maximum absolute atomic E-state index is 9.03. The fourth-order valence-corrected chi connectivity index (χ4v) is 2.23. The zero-order valence-corrected chi connectivity index (χ0v) is 6.83. The molecule has 2 nitrogen and oxygen atoms in total. The van der Waals surface area contributed by atoms with Crippen molar-refractivity contribution in [1.82, 2.24) is 4.98 Å².